The lowest BCUT2D eigenvalue weighted by atomic mass is 10.1. The number of aliphatic imine (C=N–C) groups is 2. The summed E-state index contributed by atoms with van der Waals surface area (Å²) >= 11 is 36.0. The molecule has 4 nitrogen and oxygen atoms in total. The SMILES string of the molecule is COc1ccc(N2CN=C(C(Cl)(Cl)Cl)N=C2C(Cl)(Cl)Cl)c2ccccc12. The molecule has 0 radical (unpaired) electrons. The van der Waals surface area contributed by atoms with Crippen LogP contribution in [0, 0.1) is 0 Å². The number of halogens is 6. The molecule has 0 spiro atoms. The fourth-order valence-electron chi connectivity index (χ4n) is 2.63. The molecule has 26 heavy (non-hydrogen) atoms. The first-order valence-corrected chi connectivity index (χ1v) is 9.50. The van der Waals surface area contributed by atoms with Gasteiger partial charge in [0.2, 0.25) is 7.59 Å². The molecule has 0 bridgehead atoms. The third-order valence-electron chi connectivity index (χ3n) is 3.71. The smallest absolute Gasteiger partial charge is 0.249 e. The molecule has 0 amide bonds. The number of nitrogens with zero attached hydrogens (tertiary/aromatic N) is 3. The highest BCUT2D eigenvalue weighted by molar-refractivity contribution is 6.79. The topological polar surface area (TPSA) is 37.2 Å². The molecule has 0 aromatic heterocycles. The van der Waals surface area contributed by atoms with Gasteiger partial charge < -0.3 is 9.64 Å². The summed E-state index contributed by atoms with van der Waals surface area (Å²) < 4.78 is 1.75. The highest BCUT2D eigenvalue weighted by Crippen LogP contribution is 2.40. The van der Waals surface area contributed by atoms with Gasteiger partial charge in [-0.1, -0.05) is 93.9 Å². The molecule has 1 heterocycles. The molecule has 0 N–H and O–H groups in total. The van der Waals surface area contributed by atoms with Gasteiger partial charge >= 0.3 is 0 Å². The lowest BCUT2D eigenvalue weighted by Gasteiger charge is -2.33. The maximum atomic E-state index is 6.13. The summed E-state index contributed by atoms with van der Waals surface area (Å²) in [6.45, 7) is 0.0757. The van der Waals surface area contributed by atoms with Gasteiger partial charge in [0.25, 0.3) is 0 Å². The van der Waals surface area contributed by atoms with Crippen LogP contribution >= 0.6 is 69.6 Å². The summed E-state index contributed by atoms with van der Waals surface area (Å²) in [6, 6.07) is 11.3. The van der Waals surface area contributed by atoms with Crippen molar-refractivity contribution < 1.29 is 4.74 Å². The van der Waals surface area contributed by atoms with E-state index in [9.17, 15) is 0 Å². The lowest BCUT2D eigenvalue weighted by Crippen LogP contribution is -2.44. The first-order valence-electron chi connectivity index (χ1n) is 7.23. The molecule has 0 saturated carbocycles. The number of rotatable bonds is 2. The zero-order valence-corrected chi connectivity index (χ0v) is 17.7. The molecule has 138 valence electrons. The van der Waals surface area contributed by atoms with Crippen LogP contribution in [-0.2, 0) is 0 Å². The molecule has 2 aromatic rings. The Kier molecular flexibility index (Phi) is 5.74. The maximum Gasteiger partial charge on any atom is 0.249 e. The van der Waals surface area contributed by atoms with Crippen molar-refractivity contribution in [3.05, 3.63) is 36.4 Å². The van der Waals surface area contributed by atoms with E-state index in [2.05, 4.69) is 9.98 Å². The Balaban J connectivity index is 2.17. The minimum atomic E-state index is -1.85. The molecule has 0 aliphatic carbocycles. The van der Waals surface area contributed by atoms with Gasteiger partial charge in [0.1, 0.15) is 12.4 Å². The van der Waals surface area contributed by atoms with Crippen LogP contribution in [0.2, 0.25) is 0 Å². The number of anilines is 1. The zero-order valence-electron chi connectivity index (χ0n) is 13.2. The lowest BCUT2D eigenvalue weighted by molar-refractivity contribution is 0.420. The molecule has 0 saturated heterocycles. The van der Waals surface area contributed by atoms with Gasteiger partial charge in [-0.25, -0.2) is 9.98 Å². The Bertz CT molecular complexity index is 901. The second-order valence-electron chi connectivity index (χ2n) is 5.31. The van der Waals surface area contributed by atoms with Crippen molar-refractivity contribution >= 4 is 97.7 Å². The molecule has 0 atom stereocenters. The van der Waals surface area contributed by atoms with E-state index in [-0.39, 0.29) is 18.3 Å². The van der Waals surface area contributed by atoms with E-state index in [1.807, 2.05) is 36.4 Å². The summed E-state index contributed by atoms with van der Waals surface area (Å²) in [5, 5.41) is 1.77. The van der Waals surface area contributed by atoms with Gasteiger partial charge in [-0.05, 0) is 12.1 Å². The highest BCUT2D eigenvalue weighted by atomic mass is 35.6. The van der Waals surface area contributed by atoms with Crippen LogP contribution in [0.3, 0.4) is 0 Å². The first-order chi connectivity index (χ1) is 12.1. The molecule has 3 rings (SSSR count). The van der Waals surface area contributed by atoms with Crippen LogP contribution in [0.4, 0.5) is 5.69 Å². The average Bonchev–Trinajstić information content (AvgIpc) is 2.58. The number of alkyl halides is 6. The number of hydrogen-bond donors (Lipinski definition) is 0. The zero-order chi connectivity index (χ0) is 19.1. The van der Waals surface area contributed by atoms with E-state index in [0.717, 1.165) is 22.2 Å². The van der Waals surface area contributed by atoms with Crippen molar-refractivity contribution in [1.82, 2.24) is 0 Å². The second-order valence-corrected chi connectivity index (χ2v) is 9.88. The minimum absolute atomic E-state index is 0.0436. The van der Waals surface area contributed by atoms with E-state index in [0.29, 0.717) is 0 Å². The fourth-order valence-corrected chi connectivity index (χ4v) is 3.37. The summed E-state index contributed by atoms with van der Waals surface area (Å²) in [7, 11) is 1.61. The largest absolute Gasteiger partial charge is 0.496 e. The van der Waals surface area contributed by atoms with Gasteiger partial charge in [-0.3, -0.25) is 0 Å². The molecule has 1 aliphatic rings. The number of amidine groups is 2. The monoisotopic (exact) mass is 471 g/mol. The number of ether oxygens (including phenoxy) is 1. The summed E-state index contributed by atoms with van der Waals surface area (Å²) in [6.07, 6.45) is 0. The first kappa shape index (κ1) is 20.1. The molecule has 0 fully saturated rings. The standard InChI is InChI=1S/C16H11Cl6N3O/c1-26-12-7-6-11(9-4-2-3-5-10(9)12)25-8-23-13(15(17,18)19)24-14(25)16(20,21)22/h2-7H,8H2,1H3. The maximum absolute atomic E-state index is 6.13. The second kappa shape index (κ2) is 7.42. The van der Waals surface area contributed by atoms with Crippen molar-refractivity contribution in [3.63, 3.8) is 0 Å². The van der Waals surface area contributed by atoms with Crippen LogP contribution < -0.4 is 9.64 Å². The summed E-state index contributed by atoms with van der Waals surface area (Å²) in [5.74, 6) is 0.770. The van der Waals surface area contributed by atoms with Crippen LogP contribution in [0.25, 0.3) is 10.8 Å². The van der Waals surface area contributed by atoms with E-state index < -0.39 is 7.59 Å². The van der Waals surface area contributed by atoms with Crippen molar-refractivity contribution in [2.45, 2.75) is 7.59 Å². The van der Waals surface area contributed by atoms with Crippen LogP contribution in [0.1, 0.15) is 0 Å². The summed E-state index contributed by atoms with van der Waals surface area (Å²) in [4.78, 5) is 10.1. The molecule has 0 unspecified atom stereocenters. The summed E-state index contributed by atoms with van der Waals surface area (Å²) in [5.41, 5.74) is 0.735. The van der Waals surface area contributed by atoms with E-state index >= 15 is 0 Å². The highest BCUT2D eigenvalue weighted by Gasteiger charge is 2.40. The number of hydrogen-bond acceptors (Lipinski definition) is 4. The molecule has 2 aromatic carbocycles. The van der Waals surface area contributed by atoms with E-state index in [1.165, 1.54) is 0 Å². The van der Waals surface area contributed by atoms with E-state index in [1.54, 1.807) is 12.0 Å². The Morgan fingerprint density at radius 3 is 2.15 bits per heavy atom. The number of methoxy groups -OCH3 is 1. The average molecular weight is 474 g/mol. The van der Waals surface area contributed by atoms with Crippen molar-refractivity contribution in [2.24, 2.45) is 9.98 Å². The minimum Gasteiger partial charge on any atom is -0.496 e. The predicted octanol–water partition coefficient (Wildman–Crippen LogP) is 6.16. The van der Waals surface area contributed by atoms with Gasteiger partial charge in [0, 0.05) is 10.8 Å². The van der Waals surface area contributed by atoms with Gasteiger partial charge in [0.05, 0.1) is 12.8 Å². The molecule has 10 heteroatoms. The predicted molar refractivity (Wildman–Crippen MR) is 113 cm³/mol. The van der Waals surface area contributed by atoms with Crippen molar-refractivity contribution in [3.8, 4) is 5.75 Å². The quantitative estimate of drug-likeness (QED) is 0.489. The van der Waals surface area contributed by atoms with Gasteiger partial charge in [-0.15, -0.1) is 0 Å². The number of fused-ring (bicyclic) bond motifs is 1. The molecular weight excluding hydrogens is 463 g/mol. The van der Waals surface area contributed by atoms with Crippen LogP contribution in [0.15, 0.2) is 46.4 Å². The Hall–Kier alpha value is -0.620. The Morgan fingerprint density at radius 2 is 1.58 bits per heavy atom. The number of benzene rings is 2. The Morgan fingerprint density at radius 1 is 0.923 bits per heavy atom. The third-order valence-corrected chi connectivity index (χ3v) is 4.72. The van der Waals surface area contributed by atoms with Gasteiger partial charge in [-0.2, -0.15) is 0 Å². The fraction of sp³-hybridized carbons (Fsp3) is 0.250. The van der Waals surface area contributed by atoms with Crippen LogP contribution in [0.5, 0.6) is 5.75 Å². The van der Waals surface area contributed by atoms with Crippen molar-refractivity contribution in [2.75, 3.05) is 18.7 Å². The van der Waals surface area contributed by atoms with Crippen LogP contribution in [-0.4, -0.2) is 33.0 Å². The Labute approximate surface area is 180 Å². The normalized spacial score (nSPS) is 15.7. The van der Waals surface area contributed by atoms with E-state index in [4.69, 9.17) is 74.3 Å². The van der Waals surface area contributed by atoms with Gasteiger partial charge in [0.15, 0.2) is 11.7 Å². The van der Waals surface area contributed by atoms with Crippen molar-refractivity contribution in [1.29, 1.82) is 0 Å². The molecular formula is C16H11Cl6N3O. The third kappa shape index (κ3) is 3.96. The molecule has 1 aliphatic heterocycles.